The number of hydrogen-bond acceptors (Lipinski definition) is 12. The molecule has 0 radical (unpaired) electrons. The Hall–Kier alpha value is -3.64. The second-order valence-corrected chi connectivity index (χ2v) is 14.9. The number of alkyl halides is 3. The van der Waals surface area contributed by atoms with E-state index in [1.807, 2.05) is 33.5 Å². The molecule has 5 rings (SSSR count). The van der Waals surface area contributed by atoms with E-state index in [2.05, 4.69) is 15.3 Å². The SMILES string of the molecule is COC(/C=C(\N)c1ccc(CN[C@H]2C[C@@H](O)[C@@H](N(C)c3nc(OC)nc4sc(CC(F)(F)F)cc34)C2)cc1)=C(/N)OC1CCN(S(C)=O)CC1. The Kier molecular flexibility index (Phi) is 12.1. The lowest BCUT2D eigenvalue weighted by atomic mass is 10.1. The van der Waals surface area contributed by atoms with Crippen LogP contribution in [0.1, 0.15) is 41.7 Å². The molecule has 1 aliphatic carbocycles. The van der Waals surface area contributed by atoms with Crippen LogP contribution in [0.5, 0.6) is 6.01 Å². The van der Waals surface area contributed by atoms with Gasteiger partial charge in [0.2, 0.25) is 5.88 Å². The van der Waals surface area contributed by atoms with E-state index in [0.717, 1.165) is 22.5 Å². The number of ether oxygens (including phenoxy) is 3. The molecule has 1 unspecified atom stereocenters. The van der Waals surface area contributed by atoms with Crippen molar-refractivity contribution in [2.75, 3.05) is 45.5 Å². The van der Waals surface area contributed by atoms with Gasteiger partial charge in [-0.1, -0.05) is 24.3 Å². The Morgan fingerprint density at radius 3 is 2.50 bits per heavy atom. The molecule has 1 aliphatic heterocycles. The zero-order valence-electron chi connectivity index (χ0n) is 28.4. The lowest BCUT2D eigenvalue weighted by molar-refractivity contribution is -0.126. The number of benzene rings is 1. The first kappa shape index (κ1) is 37.6. The molecule has 0 bridgehead atoms. The smallest absolute Gasteiger partial charge is 0.393 e. The number of nitrogens with zero attached hydrogens (tertiary/aromatic N) is 4. The van der Waals surface area contributed by atoms with E-state index >= 15 is 0 Å². The van der Waals surface area contributed by atoms with Gasteiger partial charge in [0.25, 0.3) is 0 Å². The Morgan fingerprint density at radius 1 is 1.18 bits per heavy atom. The average molecular weight is 740 g/mol. The molecule has 12 nitrogen and oxygen atoms in total. The summed E-state index contributed by atoms with van der Waals surface area (Å²) in [5.41, 5.74) is 14.8. The van der Waals surface area contributed by atoms with E-state index in [9.17, 15) is 22.5 Å². The van der Waals surface area contributed by atoms with E-state index in [-0.39, 0.29) is 35.0 Å². The van der Waals surface area contributed by atoms with Crippen molar-refractivity contribution in [2.24, 2.45) is 11.5 Å². The number of methoxy groups -OCH3 is 2. The number of nitrogens with one attached hydrogen (secondary N) is 1. The van der Waals surface area contributed by atoms with Gasteiger partial charge in [0, 0.05) is 55.6 Å². The summed E-state index contributed by atoms with van der Waals surface area (Å²) in [6.45, 7) is 1.87. The minimum atomic E-state index is -4.35. The highest BCUT2D eigenvalue weighted by molar-refractivity contribution is 7.81. The van der Waals surface area contributed by atoms with Gasteiger partial charge in [0.15, 0.2) is 5.76 Å². The maximum absolute atomic E-state index is 13.1. The van der Waals surface area contributed by atoms with E-state index in [4.69, 9.17) is 25.7 Å². The van der Waals surface area contributed by atoms with Crippen LogP contribution in [0, 0.1) is 0 Å². The van der Waals surface area contributed by atoms with E-state index in [1.54, 1.807) is 19.4 Å². The summed E-state index contributed by atoms with van der Waals surface area (Å²) in [6, 6.07) is 8.89. The highest BCUT2D eigenvalue weighted by Crippen LogP contribution is 2.37. The van der Waals surface area contributed by atoms with Crippen molar-refractivity contribution in [3.8, 4) is 6.01 Å². The van der Waals surface area contributed by atoms with Gasteiger partial charge in [0.05, 0.1) is 49.2 Å². The summed E-state index contributed by atoms with van der Waals surface area (Å²) in [5.74, 6) is 0.870. The third-order valence-electron chi connectivity index (χ3n) is 8.98. The highest BCUT2D eigenvalue weighted by atomic mass is 32.2. The Balaban J connectivity index is 1.18. The van der Waals surface area contributed by atoms with Gasteiger partial charge >= 0.3 is 12.2 Å². The molecular weight excluding hydrogens is 696 g/mol. The number of likely N-dealkylation sites (N-methyl/N-ethyl adjacent to an activating group) is 1. The quantitative estimate of drug-likeness (QED) is 0.149. The van der Waals surface area contributed by atoms with Gasteiger partial charge in [-0.15, -0.1) is 11.3 Å². The molecule has 3 aromatic rings. The third-order valence-corrected chi connectivity index (χ3v) is 11.1. The summed E-state index contributed by atoms with van der Waals surface area (Å²) in [7, 11) is 3.67. The lowest BCUT2D eigenvalue weighted by Gasteiger charge is -2.30. The Morgan fingerprint density at radius 2 is 1.88 bits per heavy atom. The number of fused-ring (bicyclic) bond motifs is 1. The Labute approximate surface area is 295 Å². The number of halogens is 3. The first-order valence-electron chi connectivity index (χ1n) is 16.2. The summed E-state index contributed by atoms with van der Waals surface area (Å²) >= 11 is 0.957. The molecule has 6 N–H and O–H groups in total. The molecule has 0 spiro atoms. The summed E-state index contributed by atoms with van der Waals surface area (Å²) in [4.78, 5) is 11.1. The molecule has 3 heterocycles. The fraction of sp³-hybridized carbons (Fsp3) is 0.515. The highest BCUT2D eigenvalue weighted by Gasteiger charge is 2.37. The number of aromatic nitrogens is 2. The van der Waals surface area contributed by atoms with Crippen LogP contribution in [0.3, 0.4) is 0 Å². The summed E-state index contributed by atoms with van der Waals surface area (Å²) in [6.07, 6.45) is -0.418. The minimum Gasteiger partial charge on any atom is -0.491 e. The maximum Gasteiger partial charge on any atom is 0.393 e. The maximum atomic E-state index is 13.1. The monoisotopic (exact) mass is 739 g/mol. The number of aliphatic hydroxyl groups excluding tert-OH is 1. The van der Waals surface area contributed by atoms with Gasteiger partial charge in [-0.05, 0) is 42.9 Å². The number of anilines is 1. The van der Waals surface area contributed by atoms with Gasteiger partial charge in [-0.25, -0.2) is 8.51 Å². The summed E-state index contributed by atoms with van der Waals surface area (Å²) < 4.78 is 69.6. The van der Waals surface area contributed by atoms with Gasteiger partial charge in [-0.3, -0.25) is 0 Å². The fourth-order valence-electron chi connectivity index (χ4n) is 6.29. The molecule has 274 valence electrons. The topological polar surface area (TPSA) is 161 Å². The van der Waals surface area contributed by atoms with Crippen LogP contribution >= 0.6 is 11.3 Å². The Bertz CT molecular complexity index is 1710. The van der Waals surface area contributed by atoms with Crippen molar-refractivity contribution in [3.63, 3.8) is 0 Å². The van der Waals surface area contributed by atoms with Crippen LogP contribution in [0.25, 0.3) is 15.9 Å². The number of rotatable bonds is 13. The van der Waals surface area contributed by atoms with Gasteiger partial charge < -0.3 is 41.0 Å². The van der Waals surface area contributed by atoms with Crippen molar-refractivity contribution in [3.05, 3.63) is 64.1 Å². The molecule has 17 heteroatoms. The predicted molar refractivity (Wildman–Crippen MR) is 188 cm³/mol. The minimum absolute atomic E-state index is 0.0155. The lowest BCUT2D eigenvalue weighted by Crippen LogP contribution is -2.38. The molecule has 0 amide bonds. The molecule has 1 saturated heterocycles. The summed E-state index contributed by atoms with van der Waals surface area (Å²) in [5, 5.41) is 15.0. The second kappa shape index (κ2) is 16.1. The average Bonchev–Trinajstić information content (AvgIpc) is 3.66. The number of piperidine rings is 1. The van der Waals surface area contributed by atoms with Crippen molar-refractivity contribution in [1.82, 2.24) is 19.6 Å². The number of thiophene rings is 1. The zero-order valence-corrected chi connectivity index (χ0v) is 30.0. The largest absolute Gasteiger partial charge is 0.491 e. The van der Waals surface area contributed by atoms with E-state index in [0.29, 0.717) is 72.8 Å². The van der Waals surface area contributed by atoms with Crippen LogP contribution in [-0.2, 0) is 33.4 Å². The second-order valence-electron chi connectivity index (χ2n) is 12.5. The van der Waals surface area contributed by atoms with Crippen LogP contribution < -0.4 is 26.4 Å². The van der Waals surface area contributed by atoms with Crippen molar-refractivity contribution in [2.45, 2.75) is 69.1 Å². The van der Waals surface area contributed by atoms with Crippen molar-refractivity contribution < 1.29 is 36.7 Å². The van der Waals surface area contributed by atoms with Crippen LogP contribution in [0.2, 0.25) is 0 Å². The zero-order chi connectivity index (χ0) is 36.2. The normalized spacial score (nSPS) is 22.0. The van der Waals surface area contributed by atoms with Gasteiger partial charge in [0.1, 0.15) is 16.8 Å². The molecule has 4 atom stereocenters. The van der Waals surface area contributed by atoms with Gasteiger partial charge in [-0.2, -0.15) is 23.1 Å². The molecule has 2 aromatic heterocycles. The molecule has 50 heavy (non-hydrogen) atoms. The van der Waals surface area contributed by atoms with E-state index < -0.39 is 29.7 Å². The third kappa shape index (κ3) is 9.37. The number of nitrogens with two attached hydrogens (primary N) is 2. The molecular formula is C33H44F3N7O5S2. The van der Waals surface area contributed by atoms with Crippen molar-refractivity contribution in [1.29, 1.82) is 0 Å². The van der Waals surface area contributed by atoms with Crippen molar-refractivity contribution >= 4 is 44.1 Å². The number of allylic oxidation sites excluding steroid dienone is 1. The van der Waals surface area contributed by atoms with Crippen LogP contribution in [-0.4, -0.2) is 94.7 Å². The number of aliphatic hydroxyl groups is 1. The fourth-order valence-corrected chi connectivity index (χ4v) is 8.06. The molecule has 2 fully saturated rings. The molecule has 1 saturated carbocycles. The molecule has 2 aliphatic rings. The van der Waals surface area contributed by atoms with Crippen LogP contribution in [0.15, 0.2) is 48.1 Å². The van der Waals surface area contributed by atoms with E-state index in [1.165, 1.54) is 20.3 Å². The van der Waals surface area contributed by atoms with Crippen LogP contribution in [0.4, 0.5) is 19.0 Å². The first-order valence-corrected chi connectivity index (χ1v) is 18.5. The molecule has 1 aromatic carbocycles. The first-order chi connectivity index (χ1) is 23.7. The predicted octanol–water partition coefficient (Wildman–Crippen LogP) is 3.77. The standard InChI is InChI=1S/C33H44F3N7O5S2/c1-42(30-24-15-23(17-33(34,35)36)49-31(24)41-32(40-30)47-3)26-13-21(14-27(26)44)39-18-19-5-7-20(8-6-19)25(37)16-28(46-2)29(38)48-22-9-11-43(12-10-22)50(4)45/h5-8,15-16,21-22,26-27,39,44H,9-14,17-18,37-38H2,1-4H3/b25-16-,29-28-/t21-,26+,27-,50?/m1/s1. The number of hydrogen-bond donors (Lipinski definition) is 4.